The average molecular weight is 225 g/mol. The molecule has 0 spiro atoms. The fourth-order valence-electron chi connectivity index (χ4n) is 1.46. The van der Waals surface area contributed by atoms with Crippen molar-refractivity contribution in [2.75, 3.05) is 0 Å². The van der Waals surface area contributed by atoms with Crippen molar-refractivity contribution in [2.45, 2.75) is 13.3 Å². The molecule has 0 aliphatic rings. The summed E-state index contributed by atoms with van der Waals surface area (Å²) in [5.74, 6) is 0.185. The smallest absolute Gasteiger partial charge is 0.134 e. The molecule has 0 bridgehead atoms. The number of benzene rings is 1. The number of carbonyl (C=O) groups is 1. The molecule has 1 heterocycles. The van der Waals surface area contributed by atoms with Crippen LogP contribution in [0.5, 0.6) is 0 Å². The van der Waals surface area contributed by atoms with Crippen LogP contribution in [0.25, 0.3) is 10.1 Å². The van der Waals surface area contributed by atoms with Gasteiger partial charge in [-0.05, 0) is 41.5 Å². The van der Waals surface area contributed by atoms with Crippen molar-refractivity contribution in [1.29, 1.82) is 0 Å². The standard InChI is InChI=1S/C11H9ClOS/c1-7(13)4-8-6-14-11-3-2-9(12)5-10(8)11/h2-3,5-6H,4H2,1H3. The van der Waals surface area contributed by atoms with Crippen LogP contribution in [-0.4, -0.2) is 5.78 Å². The van der Waals surface area contributed by atoms with E-state index in [0.717, 1.165) is 16.0 Å². The van der Waals surface area contributed by atoms with Crippen molar-refractivity contribution in [3.63, 3.8) is 0 Å². The fraction of sp³-hybridized carbons (Fsp3) is 0.182. The highest BCUT2D eigenvalue weighted by atomic mass is 35.5. The van der Waals surface area contributed by atoms with E-state index in [9.17, 15) is 4.79 Å². The highest BCUT2D eigenvalue weighted by Crippen LogP contribution is 2.28. The van der Waals surface area contributed by atoms with Crippen LogP contribution in [0, 0.1) is 0 Å². The number of hydrogen-bond donors (Lipinski definition) is 0. The fourth-order valence-corrected chi connectivity index (χ4v) is 2.57. The Hall–Kier alpha value is -0.860. The second kappa shape index (κ2) is 3.71. The zero-order chi connectivity index (χ0) is 10.1. The van der Waals surface area contributed by atoms with Crippen molar-refractivity contribution < 1.29 is 4.79 Å². The molecular weight excluding hydrogens is 216 g/mol. The molecule has 0 radical (unpaired) electrons. The average Bonchev–Trinajstić information content (AvgIpc) is 2.47. The molecule has 0 fully saturated rings. The van der Waals surface area contributed by atoms with Crippen LogP contribution in [0.4, 0.5) is 0 Å². The SMILES string of the molecule is CC(=O)Cc1csc2ccc(Cl)cc12. The van der Waals surface area contributed by atoms with E-state index < -0.39 is 0 Å². The van der Waals surface area contributed by atoms with Gasteiger partial charge in [0.15, 0.2) is 0 Å². The van der Waals surface area contributed by atoms with E-state index in [1.54, 1.807) is 18.3 Å². The van der Waals surface area contributed by atoms with Gasteiger partial charge in [0.25, 0.3) is 0 Å². The van der Waals surface area contributed by atoms with Crippen LogP contribution >= 0.6 is 22.9 Å². The normalized spacial score (nSPS) is 10.7. The van der Waals surface area contributed by atoms with E-state index in [4.69, 9.17) is 11.6 Å². The number of carbonyl (C=O) groups excluding carboxylic acids is 1. The topological polar surface area (TPSA) is 17.1 Å². The lowest BCUT2D eigenvalue weighted by Crippen LogP contribution is -1.94. The van der Waals surface area contributed by atoms with Crippen LogP contribution < -0.4 is 0 Å². The summed E-state index contributed by atoms with van der Waals surface area (Å²) in [5.41, 5.74) is 1.08. The van der Waals surface area contributed by atoms with Gasteiger partial charge in [0.05, 0.1) is 0 Å². The Morgan fingerprint density at radius 3 is 3.00 bits per heavy atom. The molecule has 14 heavy (non-hydrogen) atoms. The third-order valence-electron chi connectivity index (χ3n) is 2.06. The van der Waals surface area contributed by atoms with Crippen LogP contribution in [-0.2, 0) is 11.2 Å². The van der Waals surface area contributed by atoms with Gasteiger partial charge in [0, 0.05) is 16.1 Å². The lowest BCUT2D eigenvalue weighted by molar-refractivity contribution is -0.116. The molecule has 1 aromatic heterocycles. The molecule has 72 valence electrons. The first kappa shape index (κ1) is 9.69. The van der Waals surface area contributed by atoms with Gasteiger partial charge in [-0.25, -0.2) is 0 Å². The van der Waals surface area contributed by atoms with Crippen LogP contribution in [0.3, 0.4) is 0 Å². The molecule has 0 saturated carbocycles. The van der Waals surface area contributed by atoms with Gasteiger partial charge >= 0.3 is 0 Å². The van der Waals surface area contributed by atoms with Crippen LogP contribution in [0.15, 0.2) is 23.6 Å². The van der Waals surface area contributed by atoms with Gasteiger partial charge < -0.3 is 0 Å². The largest absolute Gasteiger partial charge is 0.300 e. The van der Waals surface area contributed by atoms with Gasteiger partial charge in [0.2, 0.25) is 0 Å². The van der Waals surface area contributed by atoms with Gasteiger partial charge in [-0.2, -0.15) is 0 Å². The second-order valence-electron chi connectivity index (χ2n) is 3.28. The summed E-state index contributed by atoms with van der Waals surface area (Å²) in [6, 6.07) is 5.79. The first-order valence-corrected chi connectivity index (χ1v) is 5.57. The minimum atomic E-state index is 0.185. The first-order chi connectivity index (χ1) is 6.66. The van der Waals surface area contributed by atoms with Crippen molar-refractivity contribution in [2.24, 2.45) is 0 Å². The molecule has 1 nitrogen and oxygen atoms in total. The van der Waals surface area contributed by atoms with Gasteiger partial charge in [-0.3, -0.25) is 4.79 Å². The Bertz CT molecular complexity index is 487. The zero-order valence-electron chi connectivity index (χ0n) is 7.71. The summed E-state index contributed by atoms with van der Waals surface area (Å²) in [4.78, 5) is 11.0. The molecule has 0 amide bonds. The van der Waals surface area contributed by atoms with Crippen molar-refractivity contribution >= 4 is 38.8 Å². The third-order valence-corrected chi connectivity index (χ3v) is 3.30. The number of fused-ring (bicyclic) bond motifs is 1. The Morgan fingerprint density at radius 2 is 2.29 bits per heavy atom. The summed E-state index contributed by atoms with van der Waals surface area (Å²) in [6.07, 6.45) is 0.500. The number of halogens is 1. The lowest BCUT2D eigenvalue weighted by Gasteiger charge is -1.96. The molecule has 0 N–H and O–H groups in total. The maximum absolute atomic E-state index is 11.0. The molecule has 0 aliphatic carbocycles. The summed E-state index contributed by atoms with van der Waals surface area (Å²) < 4.78 is 1.19. The molecule has 1 aromatic carbocycles. The number of hydrogen-bond acceptors (Lipinski definition) is 2. The lowest BCUT2D eigenvalue weighted by atomic mass is 10.1. The molecule has 0 aliphatic heterocycles. The maximum atomic E-state index is 11.0. The predicted octanol–water partition coefficient (Wildman–Crippen LogP) is 3.69. The van der Waals surface area contributed by atoms with Gasteiger partial charge in [0.1, 0.15) is 5.78 Å². The van der Waals surface area contributed by atoms with E-state index in [0.29, 0.717) is 6.42 Å². The Kier molecular flexibility index (Phi) is 2.57. The van der Waals surface area contributed by atoms with E-state index in [2.05, 4.69) is 0 Å². The Morgan fingerprint density at radius 1 is 1.50 bits per heavy atom. The van der Waals surface area contributed by atoms with Crippen LogP contribution in [0.2, 0.25) is 5.02 Å². The highest BCUT2D eigenvalue weighted by molar-refractivity contribution is 7.17. The minimum Gasteiger partial charge on any atom is -0.300 e. The summed E-state index contributed by atoms with van der Waals surface area (Å²) in [5, 5.41) is 3.86. The molecule has 2 aromatic rings. The van der Waals surface area contributed by atoms with E-state index in [1.165, 1.54) is 4.70 Å². The molecule has 0 saturated heterocycles. The summed E-state index contributed by atoms with van der Waals surface area (Å²) in [7, 11) is 0. The van der Waals surface area contributed by atoms with E-state index in [1.807, 2.05) is 23.6 Å². The number of rotatable bonds is 2. The van der Waals surface area contributed by atoms with Crippen molar-refractivity contribution in [3.8, 4) is 0 Å². The molecule has 0 atom stereocenters. The number of Topliss-reactive ketones (excluding diaryl/α,β-unsaturated/α-hetero) is 1. The molecule has 0 unspecified atom stereocenters. The second-order valence-corrected chi connectivity index (χ2v) is 4.63. The van der Waals surface area contributed by atoms with Crippen molar-refractivity contribution in [3.05, 3.63) is 34.2 Å². The quantitative estimate of drug-likeness (QED) is 0.761. The molecule has 3 heteroatoms. The number of thiophene rings is 1. The molecule has 2 rings (SSSR count). The summed E-state index contributed by atoms with van der Waals surface area (Å²) >= 11 is 7.56. The van der Waals surface area contributed by atoms with E-state index in [-0.39, 0.29) is 5.78 Å². The van der Waals surface area contributed by atoms with Gasteiger partial charge in [-0.15, -0.1) is 11.3 Å². The Balaban J connectivity index is 2.55. The van der Waals surface area contributed by atoms with E-state index >= 15 is 0 Å². The third kappa shape index (κ3) is 1.81. The van der Waals surface area contributed by atoms with Crippen molar-refractivity contribution in [1.82, 2.24) is 0 Å². The molecular formula is C11H9ClOS. The Labute approximate surface area is 91.3 Å². The minimum absolute atomic E-state index is 0.185. The van der Waals surface area contributed by atoms with Crippen LogP contribution in [0.1, 0.15) is 12.5 Å². The highest BCUT2D eigenvalue weighted by Gasteiger charge is 2.06. The first-order valence-electron chi connectivity index (χ1n) is 4.32. The maximum Gasteiger partial charge on any atom is 0.134 e. The van der Waals surface area contributed by atoms with Gasteiger partial charge in [-0.1, -0.05) is 11.6 Å². The summed E-state index contributed by atoms with van der Waals surface area (Å²) in [6.45, 7) is 1.61. The monoisotopic (exact) mass is 224 g/mol. The predicted molar refractivity (Wildman–Crippen MR) is 61.2 cm³/mol. The number of ketones is 1. The zero-order valence-corrected chi connectivity index (χ0v) is 9.28.